The van der Waals surface area contributed by atoms with Crippen LogP contribution in [0.3, 0.4) is 0 Å². The summed E-state index contributed by atoms with van der Waals surface area (Å²) in [4.78, 5) is 14.8. The fourth-order valence-corrected chi connectivity index (χ4v) is 2.91. The van der Waals surface area contributed by atoms with E-state index in [9.17, 15) is 4.79 Å². The molecule has 0 aromatic carbocycles. The van der Waals surface area contributed by atoms with Gasteiger partial charge in [0.2, 0.25) is 5.89 Å². The fourth-order valence-electron chi connectivity index (χ4n) is 2.91. The molecule has 1 unspecified atom stereocenters. The maximum atomic E-state index is 10.4. The van der Waals surface area contributed by atoms with Gasteiger partial charge in [-0.05, 0) is 25.2 Å². The number of hydrogen-bond acceptors (Lipinski definition) is 6. The van der Waals surface area contributed by atoms with Gasteiger partial charge >= 0.3 is 6.09 Å². The normalized spacial score (nSPS) is 17.3. The van der Waals surface area contributed by atoms with Crippen LogP contribution in [0.2, 0.25) is 0 Å². The van der Waals surface area contributed by atoms with Gasteiger partial charge in [-0.2, -0.15) is 4.98 Å². The predicted molar refractivity (Wildman–Crippen MR) is 80.9 cm³/mol. The fraction of sp³-hybridized carbons (Fsp3) is 0.800. The number of nitrogens with two attached hydrogens (primary N) is 2. The summed E-state index contributed by atoms with van der Waals surface area (Å²) in [7, 11) is 0. The molecule has 0 saturated heterocycles. The molecule has 1 heterocycles. The molecular formula is C15H26N4O3. The lowest BCUT2D eigenvalue weighted by Crippen LogP contribution is -2.15. The van der Waals surface area contributed by atoms with E-state index >= 15 is 0 Å². The van der Waals surface area contributed by atoms with Crippen molar-refractivity contribution in [3.05, 3.63) is 11.7 Å². The van der Waals surface area contributed by atoms with Gasteiger partial charge in [0.1, 0.15) is 0 Å². The summed E-state index contributed by atoms with van der Waals surface area (Å²) in [5.74, 6) is 1.96. The van der Waals surface area contributed by atoms with Crippen molar-refractivity contribution >= 4 is 6.09 Å². The standard InChI is InChI=1S/C15H26N4O3/c16-12(8-4-5-9-21-15(17)20)14-18-13(19-22-14)10-11-6-2-1-3-7-11/h11-12H,1-10,16H2,(H2,17,20). The number of aromatic nitrogens is 2. The lowest BCUT2D eigenvalue weighted by Gasteiger charge is -2.19. The zero-order valence-corrected chi connectivity index (χ0v) is 13.0. The third kappa shape index (κ3) is 5.63. The number of ether oxygens (including phenoxy) is 1. The molecule has 1 aromatic heterocycles. The monoisotopic (exact) mass is 310 g/mol. The van der Waals surface area contributed by atoms with Crippen LogP contribution < -0.4 is 11.5 Å². The second-order valence-electron chi connectivity index (χ2n) is 6.03. The van der Waals surface area contributed by atoms with Crippen LogP contribution in [0, 0.1) is 5.92 Å². The molecule has 1 amide bonds. The Bertz CT molecular complexity index is 457. The summed E-state index contributed by atoms with van der Waals surface area (Å²) in [5, 5.41) is 4.05. The van der Waals surface area contributed by atoms with Gasteiger partial charge in [0, 0.05) is 6.42 Å². The van der Waals surface area contributed by atoms with Crippen LogP contribution in [-0.4, -0.2) is 22.8 Å². The number of unbranched alkanes of at least 4 members (excludes halogenated alkanes) is 1. The van der Waals surface area contributed by atoms with Crippen LogP contribution in [0.4, 0.5) is 4.79 Å². The third-order valence-electron chi connectivity index (χ3n) is 4.15. The molecule has 1 fully saturated rings. The highest BCUT2D eigenvalue weighted by molar-refractivity contribution is 5.64. The smallest absolute Gasteiger partial charge is 0.404 e. The molecular weight excluding hydrogens is 284 g/mol. The van der Waals surface area contributed by atoms with Crippen molar-refractivity contribution < 1.29 is 14.1 Å². The van der Waals surface area contributed by atoms with Crippen LogP contribution >= 0.6 is 0 Å². The first kappa shape index (κ1) is 16.7. The number of carbonyl (C=O) groups is 1. The lowest BCUT2D eigenvalue weighted by molar-refractivity contribution is 0.154. The summed E-state index contributed by atoms with van der Waals surface area (Å²) in [6.07, 6.45) is 8.88. The molecule has 0 spiro atoms. The number of carbonyl (C=O) groups excluding carboxylic acids is 1. The first-order valence-corrected chi connectivity index (χ1v) is 8.15. The quantitative estimate of drug-likeness (QED) is 0.712. The molecule has 1 saturated carbocycles. The topological polar surface area (TPSA) is 117 Å². The van der Waals surface area contributed by atoms with Crippen molar-refractivity contribution in [3.8, 4) is 0 Å². The highest BCUT2D eigenvalue weighted by Gasteiger charge is 2.19. The molecule has 0 bridgehead atoms. The summed E-state index contributed by atoms with van der Waals surface area (Å²) in [6.45, 7) is 0.318. The molecule has 1 aliphatic carbocycles. The Kier molecular flexibility index (Phi) is 6.64. The van der Waals surface area contributed by atoms with E-state index in [-0.39, 0.29) is 6.04 Å². The number of hydrogen-bond donors (Lipinski definition) is 2. The first-order valence-electron chi connectivity index (χ1n) is 8.15. The molecule has 7 heteroatoms. The average molecular weight is 310 g/mol. The summed E-state index contributed by atoms with van der Waals surface area (Å²) in [5.41, 5.74) is 10.9. The van der Waals surface area contributed by atoms with E-state index in [2.05, 4.69) is 14.9 Å². The van der Waals surface area contributed by atoms with E-state index in [4.69, 9.17) is 16.0 Å². The molecule has 1 atom stereocenters. The third-order valence-corrected chi connectivity index (χ3v) is 4.15. The van der Waals surface area contributed by atoms with E-state index in [0.717, 1.165) is 25.1 Å². The van der Waals surface area contributed by atoms with E-state index in [1.807, 2.05) is 0 Å². The molecule has 0 aliphatic heterocycles. The van der Waals surface area contributed by atoms with Gasteiger partial charge in [0.25, 0.3) is 0 Å². The van der Waals surface area contributed by atoms with Gasteiger partial charge < -0.3 is 20.7 Å². The highest BCUT2D eigenvalue weighted by Crippen LogP contribution is 2.26. The summed E-state index contributed by atoms with van der Waals surface area (Å²) >= 11 is 0. The molecule has 124 valence electrons. The Morgan fingerprint density at radius 3 is 2.82 bits per heavy atom. The van der Waals surface area contributed by atoms with Crippen LogP contribution in [0.15, 0.2) is 4.52 Å². The second kappa shape index (κ2) is 8.73. The van der Waals surface area contributed by atoms with Gasteiger partial charge in [-0.3, -0.25) is 0 Å². The van der Waals surface area contributed by atoms with Crippen molar-refractivity contribution in [2.75, 3.05) is 6.61 Å². The number of nitrogens with zero attached hydrogens (tertiary/aromatic N) is 2. The molecule has 22 heavy (non-hydrogen) atoms. The lowest BCUT2D eigenvalue weighted by atomic mass is 9.87. The van der Waals surface area contributed by atoms with Gasteiger partial charge in [0.15, 0.2) is 5.82 Å². The van der Waals surface area contributed by atoms with E-state index in [1.165, 1.54) is 32.1 Å². The molecule has 1 aliphatic rings. The highest BCUT2D eigenvalue weighted by atomic mass is 16.5. The van der Waals surface area contributed by atoms with Crippen molar-refractivity contribution in [3.63, 3.8) is 0 Å². The van der Waals surface area contributed by atoms with E-state index in [1.54, 1.807) is 0 Å². The van der Waals surface area contributed by atoms with E-state index in [0.29, 0.717) is 24.8 Å². The number of amides is 1. The Morgan fingerprint density at radius 1 is 1.32 bits per heavy atom. The van der Waals surface area contributed by atoms with Gasteiger partial charge in [-0.1, -0.05) is 37.3 Å². The first-order chi connectivity index (χ1) is 10.6. The van der Waals surface area contributed by atoms with Crippen molar-refractivity contribution in [1.82, 2.24) is 10.1 Å². The zero-order chi connectivity index (χ0) is 15.8. The van der Waals surface area contributed by atoms with Crippen molar-refractivity contribution in [2.45, 2.75) is 63.8 Å². The van der Waals surface area contributed by atoms with E-state index < -0.39 is 6.09 Å². The second-order valence-corrected chi connectivity index (χ2v) is 6.03. The van der Waals surface area contributed by atoms with Crippen LogP contribution in [-0.2, 0) is 11.2 Å². The van der Waals surface area contributed by atoms with Gasteiger partial charge in [-0.25, -0.2) is 4.79 Å². The Labute approximate surface area is 130 Å². The summed E-state index contributed by atoms with van der Waals surface area (Å²) < 4.78 is 9.94. The van der Waals surface area contributed by atoms with Crippen LogP contribution in [0.5, 0.6) is 0 Å². The molecule has 1 aromatic rings. The maximum Gasteiger partial charge on any atom is 0.404 e. The number of rotatable bonds is 8. The minimum Gasteiger partial charge on any atom is -0.450 e. The van der Waals surface area contributed by atoms with Crippen molar-refractivity contribution in [2.24, 2.45) is 17.4 Å². The Hall–Kier alpha value is -1.63. The summed E-state index contributed by atoms with van der Waals surface area (Å²) in [6, 6.07) is -0.263. The van der Waals surface area contributed by atoms with Crippen LogP contribution in [0.25, 0.3) is 0 Å². The largest absolute Gasteiger partial charge is 0.450 e. The SMILES string of the molecule is NC(=O)OCCCCC(N)c1nc(CC2CCCCC2)no1. The molecule has 2 rings (SSSR count). The average Bonchev–Trinajstić information content (AvgIpc) is 2.96. The molecule has 7 nitrogen and oxygen atoms in total. The minimum absolute atomic E-state index is 0.263. The molecule has 0 radical (unpaired) electrons. The predicted octanol–water partition coefficient (Wildman–Crippen LogP) is 2.46. The van der Waals surface area contributed by atoms with Crippen LogP contribution in [0.1, 0.15) is 69.1 Å². The van der Waals surface area contributed by atoms with Gasteiger partial charge in [0.05, 0.1) is 12.6 Å². The van der Waals surface area contributed by atoms with Gasteiger partial charge in [-0.15, -0.1) is 0 Å². The Morgan fingerprint density at radius 2 is 2.09 bits per heavy atom. The maximum absolute atomic E-state index is 10.4. The molecule has 4 N–H and O–H groups in total. The van der Waals surface area contributed by atoms with Crippen molar-refractivity contribution in [1.29, 1.82) is 0 Å². The Balaban J connectivity index is 1.69. The number of primary amides is 1. The zero-order valence-electron chi connectivity index (χ0n) is 13.0. The minimum atomic E-state index is -0.742.